The highest BCUT2D eigenvalue weighted by molar-refractivity contribution is 5.90. The molecule has 5 nitrogen and oxygen atoms in total. The second-order valence-electron chi connectivity index (χ2n) is 4.42. The van der Waals surface area contributed by atoms with Gasteiger partial charge in [-0.15, -0.1) is 12.4 Å². The lowest BCUT2D eigenvalue weighted by atomic mass is 10.1. The van der Waals surface area contributed by atoms with Crippen molar-refractivity contribution in [2.24, 2.45) is 0 Å². The SMILES string of the molecule is Cl.Nc1cc2cccc(N3CCNCC3)c2oc1=O. The molecule has 1 aliphatic rings. The number of piperazine rings is 1. The molecule has 6 heteroatoms. The maximum absolute atomic E-state index is 11.5. The molecule has 1 saturated heterocycles. The number of halogens is 1. The summed E-state index contributed by atoms with van der Waals surface area (Å²) in [4.78, 5) is 13.8. The molecule has 2 aromatic rings. The first-order valence-corrected chi connectivity index (χ1v) is 6.04. The number of nitrogen functional groups attached to an aromatic ring is 1. The van der Waals surface area contributed by atoms with Crippen molar-refractivity contribution >= 4 is 34.8 Å². The number of nitrogens with zero attached hydrogens (tertiary/aromatic N) is 1. The van der Waals surface area contributed by atoms with Crippen molar-refractivity contribution in [1.82, 2.24) is 5.32 Å². The van der Waals surface area contributed by atoms with E-state index in [0.717, 1.165) is 37.3 Å². The van der Waals surface area contributed by atoms with E-state index in [4.69, 9.17) is 10.2 Å². The Hall–Kier alpha value is -1.72. The van der Waals surface area contributed by atoms with Crippen LogP contribution in [0.5, 0.6) is 0 Å². The van der Waals surface area contributed by atoms with Crippen molar-refractivity contribution < 1.29 is 4.42 Å². The molecule has 0 bridgehead atoms. The average molecular weight is 282 g/mol. The van der Waals surface area contributed by atoms with Gasteiger partial charge in [-0.1, -0.05) is 12.1 Å². The Kier molecular flexibility index (Phi) is 3.97. The predicted molar refractivity (Wildman–Crippen MR) is 79.2 cm³/mol. The smallest absolute Gasteiger partial charge is 0.359 e. The lowest BCUT2D eigenvalue weighted by molar-refractivity contribution is 0.554. The van der Waals surface area contributed by atoms with Gasteiger partial charge in [0.1, 0.15) is 5.69 Å². The summed E-state index contributed by atoms with van der Waals surface area (Å²) in [5.41, 5.74) is 6.86. The van der Waals surface area contributed by atoms with Crippen LogP contribution in [0.2, 0.25) is 0 Å². The van der Waals surface area contributed by atoms with Gasteiger partial charge < -0.3 is 20.4 Å². The number of hydrogen-bond donors (Lipinski definition) is 2. The van der Waals surface area contributed by atoms with Crippen LogP contribution >= 0.6 is 12.4 Å². The number of fused-ring (bicyclic) bond motifs is 1. The van der Waals surface area contributed by atoms with E-state index in [1.54, 1.807) is 6.07 Å². The molecule has 1 aromatic heterocycles. The Morgan fingerprint density at radius 3 is 2.74 bits per heavy atom. The summed E-state index contributed by atoms with van der Waals surface area (Å²) in [6.07, 6.45) is 0. The van der Waals surface area contributed by atoms with Crippen LogP contribution in [0.1, 0.15) is 0 Å². The molecule has 1 fully saturated rings. The Morgan fingerprint density at radius 1 is 1.26 bits per heavy atom. The van der Waals surface area contributed by atoms with Gasteiger partial charge >= 0.3 is 5.63 Å². The quantitative estimate of drug-likeness (QED) is 0.769. The predicted octanol–water partition coefficient (Wildman–Crippen LogP) is 1.21. The third-order valence-electron chi connectivity index (χ3n) is 3.22. The fraction of sp³-hybridized carbons (Fsp3) is 0.308. The number of para-hydroxylation sites is 1. The zero-order valence-corrected chi connectivity index (χ0v) is 11.2. The van der Waals surface area contributed by atoms with E-state index in [1.807, 2.05) is 18.2 Å². The summed E-state index contributed by atoms with van der Waals surface area (Å²) >= 11 is 0. The van der Waals surface area contributed by atoms with E-state index in [2.05, 4.69) is 10.2 Å². The minimum Gasteiger partial charge on any atom is -0.419 e. The topological polar surface area (TPSA) is 71.5 Å². The van der Waals surface area contributed by atoms with Gasteiger partial charge in [-0.05, 0) is 12.1 Å². The fourth-order valence-corrected chi connectivity index (χ4v) is 2.30. The minimum atomic E-state index is -0.468. The van der Waals surface area contributed by atoms with Crippen LogP contribution in [0.25, 0.3) is 11.0 Å². The number of nitrogens with two attached hydrogens (primary N) is 1. The molecule has 0 amide bonds. The largest absolute Gasteiger partial charge is 0.419 e. The molecule has 0 aliphatic carbocycles. The number of benzene rings is 1. The molecule has 19 heavy (non-hydrogen) atoms. The van der Waals surface area contributed by atoms with Gasteiger partial charge in [0.2, 0.25) is 0 Å². The van der Waals surface area contributed by atoms with Crippen LogP contribution in [0.15, 0.2) is 33.5 Å². The van der Waals surface area contributed by atoms with Crippen LogP contribution in [0.3, 0.4) is 0 Å². The summed E-state index contributed by atoms with van der Waals surface area (Å²) in [5, 5.41) is 4.16. The highest BCUT2D eigenvalue weighted by Crippen LogP contribution is 2.26. The third kappa shape index (κ3) is 2.52. The van der Waals surface area contributed by atoms with Crippen LogP contribution in [-0.4, -0.2) is 26.2 Å². The van der Waals surface area contributed by atoms with Gasteiger partial charge in [-0.3, -0.25) is 0 Å². The summed E-state index contributed by atoms with van der Waals surface area (Å²) < 4.78 is 5.33. The highest BCUT2D eigenvalue weighted by atomic mass is 35.5. The van der Waals surface area contributed by atoms with E-state index in [9.17, 15) is 4.79 Å². The van der Waals surface area contributed by atoms with E-state index < -0.39 is 5.63 Å². The molecule has 1 aliphatic heterocycles. The Labute approximate surface area is 116 Å². The van der Waals surface area contributed by atoms with Gasteiger partial charge in [0.05, 0.1) is 5.69 Å². The lowest BCUT2D eigenvalue weighted by Gasteiger charge is -2.29. The van der Waals surface area contributed by atoms with Crippen LogP contribution in [0.4, 0.5) is 11.4 Å². The molecule has 102 valence electrons. The lowest BCUT2D eigenvalue weighted by Crippen LogP contribution is -2.43. The number of rotatable bonds is 1. The molecule has 0 radical (unpaired) electrons. The molecule has 0 saturated carbocycles. The number of nitrogens with one attached hydrogen (secondary N) is 1. The van der Waals surface area contributed by atoms with Crippen molar-refractivity contribution in [3.8, 4) is 0 Å². The second kappa shape index (κ2) is 5.50. The number of anilines is 2. The Bertz CT molecular complexity index is 635. The summed E-state index contributed by atoms with van der Waals surface area (Å²) in [5.74, 6) is 0. The Balaban J connectivity index is 0.00000133. The van der Waals surface area contributed by atoms with Crippen molar-refractivity contribution in [3.05, 3.63) is 34.7 Å². The number of hydrogen-bond acceptors (Lipinski definition) is 5. The molecule has 0 spiro atoms. The fourth-order valence-electron chi connectivity index (χ4n) is 2.30. The third-order valence-corrected chi connectivity index (χ3v) is 3.22. The average Bonchev–Trinajstić information content (AvgIpc) is 2.40. The maximum Gasteiger partial charge on any atom is 0.359 e. The minimum absolute atomic E-state index is 0. The zero-order valence-electron chi connectivity index (χ0n) is 10.4. The van der Waals surface area contributed by atoms with E-state index in [0.29, 0.717) is 5.58 Å². The molecular formula is C13H16ClN3O2. The molecule has 0 atom stereocenters. The van der Waals surface area contributed by atoms with Crippen LogP contribution in [0, 0.1) is 0 Å². The molecule has 2 heterocycles. The Morgan fingerprint density at radius 2 is 2.00 bits per heavy atom. The first-order chi connectivity index (χ1) is 8.75. The molecule has 1 aromatic carbocycles. The normalized spacial score (nSPS) is 15.3. The summed E-state index contributed by atoms with van der Waals surface area (Å²) in [7, 11) is 0. The van der Waals surface area contributed by atoms with E-state index in [-0.39, 0.29) is 18.1 Å². The van der Waals surface area contributed by atoms with Gasteiger partial charge in [0.15, 0.2) is 5.58 Å². The van der Waals surface area contributed by atoms with Crippen molar-refractivity contribution in [3.63, 3.8) is 0 Å². The molecule has 3 rings (SSSR count). The molecular weight excluding hydrogens is 266 g/mol. The van der Waals surface area contributed by atoms with Gasteiger partial charge in [0, 0.05) is 31.6 Å². The van der Waals surface area contributed by atoms with Crippen LogP contribution in [-0.2, 0) is 0 Å². The van der Waals surface area contributed by atoms with Crippen LogP contribution < -0.4 is 21.6 Å². The maximum atomic E-state index is 11.5. The van der Waals surface area contributed by atoms with Crippen molar-refractivity contribution in [1.29, 1.82) is 0 Å². The second-order valence-corrected chi connectivity index (χ2v) is 4.42. The molecule has 0 unspecified atom stereocenters. The first kappa shape index (κ1) is 13.7. The van der Waals surface area contributed by atoms with Crippen molar-refractivity contribution in [2.45, 2.75) is 0 Å². The van der Waals surface area contributed by atoms with E-state index >= 15 is 0 Å². The molecule has 3 N–H and O–H groups in total. The summed E-state index contributed by atoms with van der Waals surface area (Å²) in [6.45, 7) is 3.70. The van der Waals surface area contributed by atoms with Crippen molar-refractivity contribution in [2.75, 3.05) is 36.8 Å². The highest BCUT2D eigenvalue weighted by Gasteiger charge is 2.15. The zero-order chi connectivity index (χ0) is 12.5. The van der Waals surface area contributed by atoms with Gasteiger partial charge in [-0.25, -0.2) is 4.79 Å². The first-order valence-electron chi connectivity index (χ1n) is 6.04. The van der Waals surface area contributed by atoms with Gasteiger partial charge in [0.25, 0.3) is 0 Å². The van der Waals surface area contributed by atoms with Gasteiger partial charge in [-0.2, -0.15) is 0 Å². The standard InChI is InChI=1S/C13H15N3O2.ClH/c14-10-8-9-2-1-3-11(12(9)18-13(10)17)16-6-4-15-5-7-16;/h1-3,8,15H,4-7,14H2;1H. The van der Waals surface area contributed by atoms with E-state index in [1.165, 1.54) is 0 Å². The summed E-state index contributed by atoms with van der Waals surface area (Å²) in [6, 6.07) is 7.51. The monoisotopic (exact) mass is 281 g/mol.